The van der Waals surface area contributed by atoms with Crippen LogP contribution < -0.4 is 5.32 Å². The molecular formula is C14H10ClFN2O. The maximum absolute atomic E-state index is 13.1. The first-order valence-electron chi connectivity index (χ1n) is 5.51. The van der Waals surface area contributed by atoms with Crippen molar-refractivity contribution >= 4 is 17.3 Å². The summed E-state index contributed by atoms with van der Waals surface area (Å²) in [6.45, 7) is 0.246. The molecule has 3 nitrogen and oxygen atoms in total. The minimum Gasteiger partial charge on any atom is -0.505 e. The van der Waals surface area contributed by atoms with Crippen molar-refractivity contribution < 1.29 is 9.50 Å². The van der Waals surface area contributed by atoms with Crippen LogP contribution in [-0.4, -0.2) is 5.11 Å². The fourth-order valence-electron chi connectivity index (χ4n) is 1.62. The summed E-state index contributed by atoms with van der Waals surface area (Å²) in [7, 11) is 0. The molecule has 0 aliphatic heterocycles. The molecule has 0 saturated heterocycles. The van der Waals surface area contributed by atoms with E-state index in [2.05, 4.69) is 5.32 Å². The van der Waals surface area contributed by atoms with Gasteiger partial charge in [0.2, 0.25) is 0 Å². The molecule has 5 heteroatoms. The number of nitriles is 1. The number of halogens is 2. The predicted octanol–water partition coefficient (Wildman–Crippen LogP) is 3.67. The molecule has 0 aliphatic rings. The van der Waals surface area contributed by atoms with E-state index in [9.17, 15) is 9.50 Å². The standard InChI is InChI=1S/C14H10ClFN2O/c15-12-5-4-11(6-10(12)7-17)18-8-9-2-1-3-13(16)14(9)19/h1-6,18-19H,8H2. The van der Waals surface area contributed by atoms with E-state index in [1.54, 1.807) is 24.3 Å². The number of benzene rings is 2. The molecule has 0 fully saturated rings. The number of hydrogen-bond acceptors (Lipinski definition) is 3. The molecule has 0 amide bonds. The lowest BCUT2D eigenvalue weighted by Crippen LogP contribution is -2.00. The predicted molar refractivity (Wildman–Crippen MR) is 71.6 cm³/mol. The molecule has 0 heterocycles. The average Bonchev–Trinajstić information content (AvgIpc) is 2.42. The van der Waals surface area contributed by atoms with Gasteiger partial charge in [0.1, 0.15) is 6.07 Å². The van der Waals surface area contributed by atoms with E-state index in [1.807, 2.05) is 6.07 Å². The van der Waals surface area contributed by atoms with Crippen molar-refractivity contribution in [3.63, 3.8) is 0 Å². The Balaban J connectivity index is 2.15. The van der Waals surface area contributed by atoms with E-state index in [-0.39, 0.29) is 12.3 Å². The molecule has 2 aromatic rings. The number of aromatic hydroxyl groups is 1. The number of anilines is 1. The number of phenolic OH excluding ortho intramolecular Hbond substituents is 1. The van der Waals surface area contributed by atoms with Crippen LogP contribution in [0.2, 0.25) is 5.02 Å². The van der Waals surface area contributed by atoms with Crippen LogP contribution in [0, 0.1) is 17.1 Å². The smallest absolute Gasteiger partial charge is 0.165 e. The van der Waals surface area contributed by atoms with Crippen LogP contribution in [0.3, 0.4) is 0 Å². The fraction of sp³-hybridized carbons (Fsp3) is 0.0714. The summed E-state index contributed by atoms with van der Waals surface area (Å²) in [6.07, 6.45) is 0. The minimum absolute atomic E-state index is 0.246. The molecule has 2 aromatic carbocycles. The highest BCUT2D eigenvalue weighted by Crippen LogP contribution is 2.23. The Morgan fingerprint density at radius 2 is 2.11 bits per heavy atom. The number of hydrogen-bond donors (Lipinski definition) is 2. The van der Waals surface area contributed by atoms with E-state index in [0.717, 1.165) is 0 Å². The second-order valence-corrected chi connectivity index (χ2v) is 4.31. The third-order valence-electron chi connectivity index (χ3n) is 2.64. The normalized spacial score (nSPS) is 9.95. The van der Waals surface area contributed by atoms with Gasteiger partial charge in [-0.15, -0.1) is 0 Å². The first kappa shape index (κ1) is 13.2. The molecule has 19 heavy (non-hydrogen) atoms. The summed E-state index contributed by atoms with van der Waals surface area (Å²) in [6, 6.07) is 11.2. The quantitative estimate of drug-likeness (QED) is 0.899. The molecule has 0 aromatic heterocycles. The summed E-state index contributed by atoms with van der Waals surface area (Å²) in [5, 5.41) is 21.8. The molecule has 96 valence electrons. The van der Waals surface area contributed by atoms with E-state index < -0.39 is 5.82 Å². The van der Waals surface area contributed by atoms with Gasteiger partial charge in [0.15, 0.2) is 11.6 Å². The van der Waals surface area contributed by atoms with Gasteiger partial charge in [0.25, 0.3) is 0 Å². The molecule has 2 N–H and O–H groups in total. The second kappa shape index (κ2) is 5.59. The topological polar surface area (TPSA) is 56.0 Å². The zero-order valence-electron chi connectivity index (χ0n) is 9.82. The van der Waals surface area contributed by atoms with Gasteiger partial charge in [-0.2, -0.15) is 5.26 Å². The Bertz CT molecular complexity index is 652. The van der Waals surface area contributed by atoms with Gasteiger partial charge in [-0.1, -0.05) is 23.7 Å². The summed E-state index contributed by atoms with van der Waals surface area (Å²) in [5.74, 6) is -1.03. The molecule has 2 rings (SSSR count). The monoisotopic (exact) mass is 276 g/mol. The Labute approximate surface area is 114 Å². The van der Waals surface area contributed by atoms with E-state index in [4.69, 9.17) is 16.9 Å². The lowest BCUT2D eigenvalue weighted by atomic mass is 10.1. The Morgan fingerprint density at radius 3 is 2.84 bits per heavy atom. The van der Waals surface area contributed by atoms with Crippen LogP contribution >= 0.6 is 11.6 Å². The molecular weight excluding hydrogens is 267 g/mol. The summed E-state index contributed by atoms with van der Waals surface area (Å²) >= 11 is 5.82. The second-order valence-electron chi connectivity index (χ2n) is 3.91. The van der Waals surface area contributed by atoms with Crippen LogP contribution in [-0.2, 0) is 6.54 Å². The maximum atomic E-state index is 13.1. The van der Waals surface area contributed by atoms with Gasteiger partial charge < -0.3 is 10.4 Å². The first-order chi connectivity index (χ1) is 9.11. The van der Waals surface area contributed by atoms with Crippen molar-refractivity contribution in [2.75, 3.05) is 5.32 Å². The van der Waals surface area contributed by atoms with Crippen molar-refractivity contribution in [3.8, 4) is 11.8 Å². The van der Waals surface area contributed by atoms with E-state index >= 15 is 0 Å². The molecule has 0 atom stereocenters. The molecule has 0 unspecified atom stereocenters. The van der Waals surface area contributed by atoms with Gasteiger partial charge in [0, 0.05) is 17.8 Å². The van der Waals surface area contributed by atoms with Gasteiger partial charge in [-0.25, -0.2) is 4.39 Å². The van der Waals surface area contributed by atoms with Crippen molar-refractivity contribution in [2.24, 2.45) is 0 Å². The summed E-state index contributed by atoms with van der Waals surface area (Å²) in [4.78, 5) is 0. The number of nitrogens with zero attached hydrogens (tertiary/aromatic N) is 1. The molecule has 0 radical (unpaired) electrons. The van der Waals surface area contributed by atoms with Crippen LogP contribution in [0.5, 0.6) is 5.75 Å². The molecule has 0 spiro atoms. The number of rotatable bonds is 3. The van der Waals surface area contributed by atoms with Crippen LogP contribution in [0.1, 0.15) is 11.1 Å². The molecule has 0 saturated carbocycles. The zero-order valence-corrected chi connectivity index (χ0v) is 10.6. The Morgan fingerprint density at radius 1 is 1.32 bits per heavy atom. The molecule has 0 aliphatic carbocycles. The molecule has 0 bridgehead atoms. The van der Waals surface area contributed by atoms with Crippen molar-refractivity contribution in [2.45, 2.75) is 6.54 Å². The fourth-order valence-corrected chi connectivity index (χ4v) is 1.78. The van der Waals surface area contributed by atoms with Crippen molar-refractivity contribution in [1.82, 2.24) is 0 Å². The highest BCUT2D eigenvalue weighted by atomic mass is 35.5. The van der Waals surface area contributed by atoms with Gasteiger partial charge >= 0.3 is 0 Å². The summed E-state index contributed by atoms with van der Waals surface area (Å²) < 4.78 is 13.1. The highest BCUT2D eigenvalue weighted by Gasteiger charge is 2.06. The van der Waals surface area contributed by atoms with Crippen LogP contribution in [0.4, 0.5) is 10.1 Å². The summed E-state index contributed by atoms with van der Waals surface area (Å²) in [5.41, 5.74) is 1.47. The lowest BCUT2D eigenvalue weighted by Gasteiger charge is -2.09. The maximum Gasteiger partial charge on any atom is 0.165 e. The van der Waals surface area contributed by atoms with Gasteiger partial charge in [-0.3, -0.25) is 0 Å². The first-order valence-corrected chi connectivity index (χ1v) is 5.89. The van der Waals surface area contributed by atoms with Gasteiger partial charge in [0.05, 0.1) is 10.6 Å². The van der Waals surface area contributed by atoms with Gasteiger partial charge in [-0.05, 0) is 24.3 Å². The highest BCUT2D eigenvalue weighted by molar-refractivity contribution is 6.31. The number of phenols is 1. The Hall–Kier alpha value is -2.25. The largest absolute Gasteiger partial charge is 0.505 e. The lowest BCUT2D eigenvalue weighted by molar-refractivity contribution is 0.427. The van der Waals surface area contributed by atoms with Crippen molar-refractivity contribution in [1.29, 1.82) is 5.26 Å². The third kappa shape index (κ3) is 2.95. The third-order valence-corrected chi connectivity index (χ3v) is 2.97. The number of para-hydroxylation sites is 1. The van der Waals surface area contributed by atoms with Crippen LogP contribution in [0.25, 0.3) is 0 Å². The van der Waals surface area contributed by atoms with Crippen molar-refractivity contribution in [3.05, 3.63) is 58.4 Å². The minimum atomic E-state index is -0.659. The Kier molecular flexibility index (Phi) is 3.88. The van der Waals surface area contributed by atoms with Crippen LogP contribution in [0.15, 0.2) is 36.4 Å². The number of nitrogens with one attached hydrogen (secondary N) is 1. The average molecular weight is 277 g/mol. The SMILES string of the molecule is N#Cc1cc(NCc2cccc(F)c2O)ccc1Cl. The zero-order chi connectivity index (χ0) is 13.8. The van der Waals surface area contributed by atoms with E-state index in [1.165, 1.54) is 12.1 Å². The van der Waals surface area contributed by atoms with E-state index in [0.29, 0.717) is 21.8 Å².